The normalized spacial score (nSPS) is 18.7. The summed E-state index contributed by atoms with van der Waals surface area (Å²) in [5.41, 5.74) is 7.98. The van der Waals surface area contributed by atoms with Crippen molar-refractivity contribution < 1.29 is 9.59 Å². The molecule has 1 fully saturated rings. The highest BCUT2D eigenvalue weighted by Gasteiger charge is 2.42. The van der Waals surface area contributed by atoms with Crippen molar-refractivity contribution in [3.05, 3.63) is 91.8 Å². The van der Waals surface area contributed by atoms with Gasteiger partial charge in [0.25, 0.3) is 11.8 Å². The van der Waals surface area contributed by atoms with Gasteiger partial charge in [0.15, 0.2) is 5.17 Å². The fraction of sp³-hybridized carbons (Fsp3) is 0.179. The fourth-order valence-electron chi connectivity index (χ4n) is 4.21. The van der Waals surface area contributed by atoms with Gasteiger partial charge in [-0.15, -0.1) is 0 Å². The molecule has 0 radical (unpaired) electrons. The van der Waals surface area contributed by atoms with Gasteiger partial charge in [0.2, 0.25) is 0 Å². The predicted octanol–water partition coefficient (Wildman–Crippen LogP) is 6.84. The molecular formula is C28H24BrN3O2S. The third-order valence-corrected chi connectivity index (χ3v) is 8.11. The Labute approximate surface area is 217 Å². The van der Waals surface area contributed by atoms with E-state index in [-0.39, 0.29) is 11.8 Å². The molecule has 0 atom stereocenters. The second-order valence-electron chi connectivity index (χ2n) is 8.90. The number of anilines is 2. The molecule has 3 aromatic rings. The van der Waals surface area contributed by atoms with Crippen molar-refractivity contribution in [1.82, 2.24) is 0 Å². The quantitative estimate of drug-likeness (QED) is 0.331. The first kappa shape index (κ1) is 23.6. The first-order valence-electron chi connectivity index (χ1n) is 11.2. The van der Waals surface area contributed by atoms with Gasteiger partial charge in [-0.1, -0.05) is 28.1 Å². The number of aliphatic imine (C=N–C) groups is 1. The van der Waals surface area contributed by atoms with Crippen LogP contribution in [0.2, 0.25) is 0 Å². The number of nitrogens with zero attached hydrogens (tertiary/aromatic N) is 3. The monoisotopic (exact) mass is 545 g/mol. The number of rotatable bonds is 2. The van der Waals surface area contributed by atoms with Crippen LogP contribution in [0.25, 0.3) is 5.57 Å². The van der Waals surface area contributed by atoms with E-state index in [9.17, 15) is 9.59 Å². The Morgan fingerprint density at radius 3 is 2.17 bits per heavy atom. The number of likely N-dealkylation sites (N-methyl/N-ethyl adjacent to an activating group) is 1. The largest absolute Gasteiger partial charge is 0.311 e. The van der Waals surface area contributed by atoms with Crippen LogP contribution in [0.4, 0.5) is 17.1 Å². The molecule has 0 aromatic heterocycles. The number of carbonyl (C=O) groups is 2. The lowest BCUT2D eigenvalue weighted by molar-refractivity contribution is -0.115. The van der Waals surface area contributed by atoms with E-state index in [1.165, 1.54) is 17.3 Å². The molecular weight excluding hydrogens is 522 g/mol. The summed E-state index contributed by atoms with van der Waals surface area (Å²) in [6.45, 7) is 8.17. The summed E-state index contributed by atoms with van der Waals surface area (Å²) in [5.74, 6) is -0.438. The molecule has 2 aliphatic rings. The van der Waals surface area contributed by atoms with Gasteiger partial charge in [0, 0.05) is 17.1 Å². The van der Waals surface area contributed by atoms with E-state index in [1.807, 2.05) is 75.4 Å². The molecule has 1 saturated heterocycles. The number of amides is 2. The summed E-state index contributed by atoms with van der Waals surface area (Å²) in [6, 6.07) is 17.6. The fourth-order valence-corrected chi connectivity index (χ4v) is 5.66. The summed E-state index contributed by atoms with van der Waals surface area (Å²) in [4.78, 5) is 35.7. The number of hydrogen-bond donors (Lipinski definition) is 0. The molecule has 2 aliphatic heterocycles. The Morgan fingerprint density at radius 2 is 1.49 bits per heavy atom. The van der Waals surface area contributed by atoms with Crippen molar-refractivity contribution in [1.29, 1.82) is 0 Å². The summed E-state index contributed by atoms with van der Waals surface area (Å²) < 4.78 is 0.850. The Kier molecular flexibility index (Phi) is 5.93. The zero-order valence-corrected chi connectivity index (χ0v) is 22.5. The van der Waals surface area contributed by atoms with Crippen molar-refractivity contribution >= 4 is 67.3 Å². The van der Waals surface area contributed by atoms with Crippen LogP contribution < -0.4 is 9.80 Å². The lowest BCUT2D eigenvalue weighted by Crippen LogP contribution is -2.29. The summed E-state index contributed by atoms with van der Waals surface area (Å²) in [7, 11) is 1.73. The Morgan fingerprint density at radius 1 is 0.800 bits per heavy atom. The first-order valence-corrected chi connectivity index (χ1v) is 12.8. The van der Waals surface area contributed by atoms with Gasteiger partial charge < -0.3 is 4.90 Å². The molecule has 3 aromatic carbocycles. The van der Waals surface area contributed by atoms with Gasteiger partial charge >= 0.3 is 0 Å². The maximum atomic E-state index is 13.9. The number of thioether (sulfide) groups is 1. The molecule has 35 heavy (non-hydrogen) atoms. The summed E-state index contributed by atoms with van der Waals surface area (Å²) >= 11 is 4.76. The number of fused-ring (bicyclic) bond motifs is 1. The topological polar surface area (TPSA) is 53.0 Å². The van der Waals surface area contributed by atoms with Crippen molar-refractivity contribution in [2.45, 2.75) is 27.7 Å². The van der Waals surface area contributed by atoms with E-state index in [0.29, 0.717) is 15.6 Å². The van der Waals surface area contributed by atoms with Gasteiger partial charge in [0.1, 0.15) is 0 Å². The number of aryl methyl sites for hydroxylation is 4. The number of halogens is 1. The highest BCUT2D eigenvalue weighted by molar-refractivity contribution is 9.10. The van der Waals surface area contributed by atoms with Crippen LogP contribution in [0.1, 0.15) is 27.8 Å². The van der Waals surface area contributed by atoms with E-state index in [2.05, 4.69) is 22.9 Å². The molecule has 0 spiro atoms. The van der Waals surface area contributed by atoms with Crippen LogP contribution >= 0.6 is 27.7 Å². The van der Waals surface area contributed by atoms with Crippen molar-refractivity contribution in [3.63, 3.8) is 0 Å². The average molecular weight is 546 g/mol. The van der Waals surface area contributed by atoms with Crippen LogP contribution in [0, 0.1) is 27.7 Å². The number of benzene rings is 3. The minimum Gasteiger partial charge on any atom is -0.311 e. The highest BCUT2D eigenvalue weighted by atomic mass is 79.9. The Balaban J connectivity index is 1.71. The third-order valence-electron chi connectivity index (χ3n) is 6.58. The maximum absolute atomic E-state index is 13.9. The van der Waals surface area contributed by atoms with E-state index < -0.39 is 0 Å². The second kappa shape index (κ2) is 8.81. The zero-order valence-electron chi connectivity index (χ0n) is 20.1. The summed E-state index contributed by atoms with van der Waals surface area (Å²) in [6.07, 6.45) is 0. The molecule has 2 heterocycles. The van der Waals surface area contributed by atoms with Gasteiger partial charge in [-0.2, -0.15) is 0 Å². The van der Waals surface area contributed by atoms with Gasteiger partial charge in [-0.25, -0.2) is 4.99 Å². The minimum atomic E-state index is -0.245. The van der Waals surface area contributed by atoms with Crippen LogP contribution in [-0.4, -0.2) is 24.0 Å². The maximum Gasteiger partial charge on any atom is 0.272 e. The van der Waals surface area contributed by atoms with Gasteiger partial charge in [-0.05, 0) is 104 Å². The second-order valence-corrected chi connectivity index (χ2v) is 10.8. The molecule has 7 heteroatoms. The SMILES string of the molecule is Cc1ccc(N=C2SC(=C3C(=O)N(C)c4ccc(Br)cc43)C(=O)N2c2ccc(C)c(C)c2)cc1C. The van der Waals surface area contributed by atoms with Crippen LogP contribution in [-0.2, 0) is 9.59 Å². The number of carbonyl (C=O) groups excluding carboxylic acids is 2. The minimum absolute atomic E-state index is 0.193. The molecule has 0 N–H and O–H groups in total. The lowest BCUT2D eigenvalue weighted by Gasteiger charge is -2.17. The first-order chi connectivity index (χ1) is 16.7. The third kappa shape index (κ3) is 4.02. The molecule has 2 amide bonds. The number of amidine groups is 1. The Hall–Kier alpha value is -3.16. The number of hydrogen-bond acceptors (Lipinski definition) is 4. The van der Waals surface area contributed by atoms with E-state index >= 15 is 0 Å². The molecule has 176 valence electrons. The summed E-state index contributed by atoms with van der Waals surface area (Å²) in [5, 5.41) is 0.530. The molecule has 0 saturated carbocycles. The van der Waals surface area contributed by atoms with Crippen molar-refractivity contribution in [3.8, 4) is 0 Å². The van der Waals surface area contributed by atoms with Gasteiger partial charge in [0.05, 0.1) is 27.5 Å². The van der Waals surface area contributed by atoms with Crippen LogP contribution in [0.15, 0.2) is 69.0 Å². The zero-order chi connectivity index (χ0) is 25.0. The van der Waals surface area contributed by atoms with E-state index in [1.54, 1.807) is 16.8 Å². The van der Waals surface area contributed by atoms with Crippen LogP contribution in [0.3, 0.4) is 0 Å². The predicted molar refractivity (Wildman–Crippen MR) is 148 cm³/mol. The Bertz CT molecular complexity index is 1490. The molecule has 5 rings (SSSR count). The highest BCUT2D eigenvalue weighted by Crippen LogP contribution is 2.46. The molecule has 0 bridgehead atoms. The van der Waals surface area contributed by atoms with Crippen molar-refractivity contribution in [2.75, 3.05) is 16.8 Å². The van der Waals surface area contributed by atoms with Gasteiger partial charge in [-0.3, -0.25) is 14.5 Å². The van der Waals surface area contributed by atoms with E-state index in [0.717, 1.165) is 43.8 Å². The van der Waals surface area contributed by atoms with Crippen molar-refractivity contribution in [2.24, 2.45) is 4.99 Å². The average Bonchev–Trinajstić information content (AvgIpc) is 3.25. The molecule has 5 nitrogen and oxygen atoms in total. The van der Waals surface area contributed by atoms with Crippen LogP contribution in [0.5, 0.6) is 0 Å². The standard InChI is InChI=1S/C28H24BrN3O2S/c1-15-6-9-20(12-17(15)3)30-28-32(21-10-7-16(2)18(4)13-21)27(34)25(35-28)24-22-14-19(29)8-11-23(22)31(5)26(24)33/h6-14H,1-5H3. The lowest BCUT2D eigenvalue weighted by atomic mass is 10.1. The smallest absolute Gasteiger partial charge is 0.272 e. The van der Waals surface area contributed by atoms with E-state index in [4.69, 9.17) is 4.99 Å². The molecule has 0 aliphatic carbocycles. The molecule has 0 unspecified atom stereocenters.